The van der Waals surface area contributed by atoms with Crippen LogP contribution in [0.1, 0.15) is 13.8 Å². The van der Waals surface area contributed by atoms with Crippen molar-refractivity contribution in [3.63, 3.8) is 0 Å². The van der Waals surface area contributed by atoms with Gasteiger partial charge in [0.2, 0.25) is 11.8 Å². The number of amides is 2. The summed E-state index contributed by atoms with van der Waals surface area (Å²) in [5, 5.41) is 5.68. The minimum absolute atomic E-state index is 0.0273. The molecule has 108 valence electrons. The van der Waals surface area contributed by atoms with Crippen LogP contribution in [0.25, 0.3) is 0 Å². The second-order valence-corrected chi connectivity index (χ2v) is 5.34. The number of anilines is 1. The molecule has 0 saturated carbocycles. The van der Waals surface area contributed by atoms with Gasteiger partial charge in [-0.25, -0.2) is 4.39 Å². The number of carbonyl (C=O) groups is 2. The molecule has 2 rings (SSSR count). The van der Waals surface area contributed by atoms with Gasteiger partial charge in [0.05, 0.1) is 12.1 Å². The minimum atomic E-state index is -0.655. The van der Waals surface area contributed by atoms with Crippen molar-refractivity contribution >= 4 is 17.5 Å². The van der Waals surface area contributed by atoms with E-state index < -0.39 is 11.4 Å². The molecular formula is C14H18FN3O2. The van der Waals surface area contributed by atoms with Crippen molar-refractivity contribution in [1.29, 1.82) is 0 Å². The molecule has 20 heavy (non-hydrogen) atoms. The molecule has 2 N–H and O–H groups in total. The van der Waals surface area contributed by atoms with Gasteiger partial charge in [-0.3, -0.25) is 9.59 Å². The van der Waals surface area contributed by atoms with Crippen molar-refractivity contribution in [2.45, 2.75) is 19.4 Å². The fraction of sp³-hybridized carbons (Fsp3) is 0.429. The van der Waals surface area contributed by atoms with E-state index in [1.807, 2.05) is 0 Å². The summed E-state index contributed by atoms with van der Waals surface area (Å²) in [5.41, 5.74) is -0.269. The summed E-state index contributed by atoms with van der Waals surface area (Å²) in [6, 6.07) is 5.66. The molecule has 0 aliphatic carbocycles. The SMILES string of the molecule is CC1(C)NCCN(CC(=O)Nc2cccc(F)c2)C1=O. The largest absolute Gasteiger partial charge is 0.331 e. The third-order valence-corrected chi connectivity index (χ3v) is 3.21. The molecule has 0 radical (unpaired) electrons. The van der Waals surface area contributed by atoms with Crippen LogP contribution in [0, 0.1) is 5.82 Å². The van der Waals surface area contributed by atoms with E-state index in [0.29, 0.717) is 18.8 Å². The smallest absolute Gasteiger partial charge is 0.243 e. The Morgan fingerprint density at radius 1 is 1.50 bits per heavy atom. The van der Waals surface area contributed by atoms with Gasteiger partial charge in [-0.15, -0.1) is 0 Å². The highest BCUT2D eigenvalue weighted by Gasteiger charge is 2.35. The Kier molecular flexibility index (Phi) is 4.04. The highest BCUT2D eigenvalue weighted by Crippen LogP contribution is 2.13. The van der Waals surface area contributed by atoms with Crippen molar-refractivity contribution in [2.24, 2.45) is 0 Å². The number of halogens is 1. The fourth-order valence-corrected chi connectivity index (χ4v) is 2.17. The van der Waals surface area contributed by atoms with E-state index in [0.717, 1.165) is 0 Å². The van der Waals surface area contributed by atoms with E-state index >= 15 is 0 Å². The normalized spacial score (nSPS) is 17.9. The first-order chi connectivity index (χ1) is 9.38. The zero-order chi connectivity index (χ0) is 14.8. The van der Waals surface area contributed by atoms with E-state index in [1.54, 1.807) is 19.9 Å². The third-order valence-electron chi connectivity index (χ3n) is 3.21. The molecule has 1 aliphatic heterocycles. The summed E-state index contributed by atoms with van der Waals surface area (Å²) < 4.78 is 13.0. The topological polar surface area (TPSA) is 61.4 Å². The number of carbonyl (C=O) groups excluding carboxylic acids is 2. The molecule has 0 spiro atoms. The second-order valence-electron chi connectivity index (χ2n) is 5.34. The summed E-state index contributed by atoms with van der Waals surface area (Å²) in [4.78, 5) is 25.5. The van der Waals surface area contributed by atoms with E-state index in [4.69, 9.17) is 0 Å². The summed E-state index contributed by atoms with van der Waals surface area (Å²) in [6.45, 7) is 4.67. The molecule has 1 saturated heterocycles. The highest BCUT2D eigenvalue weighted by molar-refractivity contribution is 5.96. The second kappa shape index (κ2) is 5.58. The first-order valence-electron chi connectivity index (χ1n) is 6.48. The zero-order valence-electron chi connectivity index (χ0n) is 11.6. The number of hydrogen-bond donors (Lipinski definition) is 2. The van der Waals surface area contributed by atoms with Gasteiger partial charge in [-0.1, -0.05) is 6.07 Å². The van der Waals surface area contributed by atoms with Crippen molar-refractivity contribution in [2.75, 3.05) is 25.0 Å². The van der Waals surface area contributed by atoms with E-state index in [1.165, 1.54) is 23.1 Å². The number of rotatable bonds is 3. The van der Waals surface area contributed by atoms with E-state index in [-0.39, 0.29) is 18.4 Å². The molecule has 5 nitrogen and oxygen atoms in total. The fourth-order valence-electron chi connectivity index (χ4n) is 2.17. The van der Waals surface area contributed by atoms with Gasteiger partial charge in [-0.2, -0.15) is 0 Å². The number of hydrogen-bond acceptors (Lipinski definition) is 3. The quantitative estimate of drug-likeness (QED) is 0.867. The molecule has 6 heteroatoms. The Bertz CT molecular complexity index is 531. The van der Waals surface area contributed by atoms with Crippen LogP contribution < -0.4 is 10.6 Å². The van der Waals surface area contributed by atoms with Crippen molar-refractivity contribution in [1.82, 2.24) is 10.2 Å². The molecule has 1 heterocycles. The predicted molar refractivity (Wildman–Crippen MR) is 73.7 cm³/mol. The van der Waals surface area contributed by atoms with Crippen molar-refractivity contribution in [3.05, 3.63) is 30.1 Å². The number of piperazine rings is 1. The Balaban J connectivity index is 1.96. The first-order valence-corrected chi connectivity index (χ1v) is 6.48. The van der Waals surface area contributed by atoms with Crippen molar-refractivity contribution in [3.8, 4) is 0 Å². The first kappa shape index (κ1) is 14.5. The van der Waals surface area contributed by atoms with Crippen LogP contribution in [0.4, 0.5) is 10.1 Å². The molecule has 0 bridgehead atoms. The van der Waals surface area contributed by atoms with Crippen LogP contribution in [0.2, 0.25) is 0 Å². The van der Waals surface area contributed by atoms with E-state index in [9.17, 15) is 14.0 Å². The van der Waals surface area contributed by atoms with Gasteiger partial charge in [0.15, 0.2) is 0 Å². The third kappa shape index (κ3) is 3.33. The van der Waals surface area contributed by atoms with Gasteiger partial charge in [-0.05, 0) is 32.0 Å². The van der Waals surface area contributed by atoms with Crippen LogP contribution in [-0.4, -0.2) is 41.9 Å². The Hall–Kier alpha value is -1.95. The van der Waals surface area contributed by atoms with Crippen LogP contribution in [0.15, 0.2) is 24.3 Å². The Labute approximate surface area is 117 Å². The average molecular weight is 279 g/mol. The van der Waals surface area contributed by atoms with Gasteiger partial charge in [0.25, 0.3) is 0 Å². The maximum absolute atomic E-state index is 13.0. The van der Waals surface area contributed by atoms with Crippen molar-refractivity contribution < 1.29 is 14.0 Å². The summed E-state index contributed by atoms with van der Waals surface area (Å²) >= 11 is 0. The molecule has 0 unspecified atom stereocenters. The Morgan fingerprint density at radius 2 is 2.25 bits per heavy atom. The lowest BCUT2D eigenvalue weighted by Gasteiger charge is -2.37. The maximum Gasteiger partial charge on any atom is 0.243 e. The van der Waals surface area contributed by atoms with Gasteiger partial charge < -0.3 is 15.5 Å². The summed E-state index contributed by atoms with van der Waals surface area (Å²) in [7, 11) is 0. The minimum Gasteiger partial charge on any atom is -0.331 e. The molecule has 1 fully saturated rings. The molecule has 0 aromatic heterocycles. The molecule has 0 atom stereocenters. The van der Waals surface area contributed by atoms with E-state index in [2.05, 4.69) is 10.6 Å². The average Bonchev–Trinajstić information content (AvgIpc) is 2.35. The maximum atomic E-state index is 13.0. The lowest BCUT2D eigenvalue weighted by Crippen LogP contribution is -2.62. The predicted octanol–water partition coefficient (Wildman–Crippen LogP) is 0.975. The molecule has 1 aliphatic rings. The highest BCUT2D eigenvalue weighted by atomic mass is 19.1. The van der Waals surface area contributed by atoms with Crippen LogP contribution in [0.3, 0.4) is 0 Å². The lowest BCUT2D eigenvalue weighted by molar-refractivity contribution is -0.142. The zero-order valence-corrected chi connectivity index (χ0v) is 11.6. The van der Waals surface area contributed by atoms with Crippen LogP contribution in [-0.2, 0) is 9.59 Å². The standard InChI is InChI=1S/C14H18FN3O2/c1-14(2)13(20)18(7-6-16-14)9-12(19)17-11-5-3-4-10(15)8-11/h3-5,8,16H,6-7,9H2,1-2H3,(H,17,19). The molecule has 1 aromatic carbocycles. The van der Waals surface area contributed by atoms with Gasteiger partial charge >= 0.3 is 0 Å². The van der Waals surface area contributed by atoms with Gasteiger partial charge in [0, 0.05) is 18.8 Å². The van der Waals surface area contributed by atoms with Crippen LogP contribution in [0.5, 0.6) is 0 Å². The monoisotopic (exact) mass is 279 g/mol. The number of nitrogens with zero attached hydrogens (tertiary/aromatic N) is 1. The number of nitrogens with one attached hydrogen (secondary N) is 2. The summed E-state index contributed by atoms with van der Waals surface area (Å²) in [6.07, 6.45) is 0. The molecule has 1 aromatic rings. The lowest BCUT2D eigenvalue weighted by atomic mass is 10.0. The molecule has 2 amide bonds. The summed E-state index contributed by atoms with van der Waals surface area (Å²) in [5.74, 6) is -0.859. The van der Waals surface area contributed by atoms with Crippen LogP contribution >= 0.6 is 0 Å². The number of benzene rings is 1. The molecular weight excluding hydrogens is 261 g/mol. The Morgan fingerprint density at radius 3 is 2.95 bits per heavy atom. The van der Waals surface area contributed by atoms with Gasteiger partial charge in [0.1, 0.15) is 5.82 Å².